The van der Waals surface area contributed by atoms with Gasteiger partial charge in [0.1, 0.15) is 5.69 Å². The molecular formula is C22H18F2N4O2. The van der Waals surface area contributed by atoms with Crippen LogP contribution in [0.4, 0.5) is 8.78 Å². The number of rotatable bonds is 3. The topological polar surface area (TPSA) is 71.1 Å². The van der Waals surface area contributed by atoms with Crippen molar-refractivity contribution in [2.45, 2.75) is 18.4 Å². The minimum Gasteiger partial charge on any atom is -0.466 e. The molecule has 0 radical (unpaired) electrons. The van der Waals surface area contributed by atoms with E-state index in [1.807, 2.05) is 18.2 Å². The summed E-state index contributed by atoms with van der Waals surface area (Å²) in [4.78, 5) is 25.9. The summed E-state index contributed by atoms with van der Waals surface area (Å²) in [7, 11) is 0. The Morgan fingerprint density at radius 2 is 2.03 bits per heavy atom. The highest BCUT2D eigenvalue weighted by molar-refractivity contribution is 6.04. The molecule has 4 aromatic rings. The van der Waals surface area contributed by atoms with E-state index in [4.69, 9.17) is 4.74 Å². The first-order valence-corrected chi connectivity index (χ1v) is 9.63. The Labute approximate surface area is 170 Å². The summed E-state index contributed by atoms with van der Waals surface area (Å²) in [6.45, 7) is -0.317. The first-order chi connectivity index (χ1) is 14.5. The number of aromatic amines is 1. The number of carbonyl (C=O) groups is 1. The Hall–Kier alpha value is -3.55. The van der Waals surface area contributed by atoms with E-state index < -0.39 is 24.4 Å². The average molecular weight is 408 g/mol. The Morgan fingerprint density at radius 1 is 1.17 bits per heavy atom. The first-order valence-electron chi connectivity index (χ1n) is 9.63. The van der Waals surface area contributed by atoms with Gasteiger partial charge >= 0.3 is 0 Å². The molecule has 0 spiro atoms. The van der Waals surface area contributed by atoms with Crippen molar-refractivity contribution >= 4 is 27.7 Å². The molecule has 1 fully saturated rings. The van der Waals surface area contributed by atoms with Crippen LogP contribution in [-0.2, 0) is 0 Å². The zero-order valence-corrected chi connectivity index (χ0v) is 15.9. The van der Waals surface area contributed by atoms with Gasteiger partial charge in [0, 0.05) is 47.7 Å². The molecule has 152 valence electrons. The fourth-order valence-corrected chi connectivity index (χ4v) is 3.74. The SMILES string of the molecule is O=C(c1nccc2[nH]ccc12)N1CCC(F)(F)C(Oc2ccc3ccccc3n2)C1. The van der Waals surface area contributed by atoms with Gasteiger partial charge in [0.2, 0.25) is 5.88 Å². The van der Waals surface area contributed by atoms with Gasteiger partial charge in [-0.15, -0.1) is 0 Å². The van der Waals surface area contributed by atoms with E-state index in [1.54, 1.807) is 36.5 Å². The van der Waals surface area contributed by atoms with Crippen LogP contribution < -0.4 is 4.74 Å². The highest BCUT2D eigenvalue weighted by Crippen LogP contribution is 2.32. The lowest BCUT2D eigenvalue weighted by Gasteiger charge is -2.37. The number of piperidine rings is 1. The van der Waals surface area contributed by atoms with Crippen molar-refractivity contribution < 1.29 is 18.3 Å². The Kier molecular flexibility index (Phi) is 4.34. The van der Waals surface area contributed by atoms with E-state index in [2.05, 4.69) is 15.0 Å². The molecule has 1 aliphatic heterocycles. The molecule has 1 amide bonds. The van der Waals surface area contributed by atoms with Gasteiger partial charge in [-0.2, -0.15) is 0 Å². The minimum absolute atomic E-state index is 0.0701. The summed E-state index contributed by atoms with van der Waals surface area (Å²) in [5.41, 5.74) is 1.66. The van der Waals surface area contributed by atoms with Gasteiger partial charge < -0.3 is 14.6 Å². The zero-order chi connectivity index (χ0) is 20.7. The summed E-state index contributed by atoms with van der Waals surface area (Å²) < 4.78 is 34.8. The number of aromatic nitrogens is 3. The lowest BCUT2D eigenvalue weighted by molar-refractivity contribution is -0.131. The molecule has 1 atom stereocenters. The number of carbonyl (C=O) groups excluding carboxylic acids is 1. The quantitative estimate of drug-likeness (QED) is 0.555. The zero-order valence-electron chi connectivity index (χ0n) is 15.9. The third-order valence-corrected chi connectivity index (χ3v) is 5.38. The number of amides is 1. The van der Waals surface area contributed by atoms with Crippen molar-refractivity contribution in [3.8, 4) is 5.88 Å². The highest BCUT2D eigenvalue weighted by atomic mass is 19.3. The number of halogens is 2. The Morgan fingerprint density at radius 3 is 2.93 bits per heavy atom. The fraction of sp³-hybridized carbons (Fsp3) is 0.227. The molecule has 8 heteroatoms. The maximum Gasteiger partial charge on any atom is 0.287 e. The average Bonchev–Trinajstić information content (AvgIpc) is 3.23. The number of nitrogens with zero attached hydrogens (tertiary/aromatic N) is 3. The molecule has 5 rings (SSSR count). The van der Waals surface area contributed by atoms with Gasteiger partial charge in [0.25, 0.3) is 11.8 Å². The molecular weight excluding hydrogens is 390 g/mol. The smallest absolute Gasteiger partial charge is 0.287 e. The van der Waals surface area contributed by atoms with Crippen LogP contribution in [0.25, 0.3) is 21.8 Å². The van der Waals surface area contributed by atoms with E-state index >= 15 is 0 Å². The second-order valence-electron chi connectivity index (χ2n) is 7.31. The monoisotopic (exact) mass is 408 g/mol. The van der Waals surface area contributed by atoms with E-state index in [-0.39, 0.29) is 24.7 Å². The highest BCUT2D eigenvalue weighted by Gasteiger charge is 2.47. The van der Waals surface area contributed by atoms with Crippen LogP contribution >= 0.6 is 0 Å². The van der Waals surface area contributed by atoms with E-state index in [1.165, 1.54) is 11.1 Å². The Bertz CT molecular complexity index is 1240. The van der Waals surface area contributed by atoms with Crippen LogP contribution in [0, 0.1) is 0 Å². The fourth-order valence-electron chi connectivity index (χ4n) is 3.74. The number of alkyl halides is 2. The normalized spacial score (nSPS) is 18.6. The largest absolute Gasteiger partial charge is 0.466 e. The molecule has 0 bridgehead atoms. The molecule has 0 aliphatic carbocycles. The van der Waals surface area contributed by atoms with Gasteiger partial charge in [-0.05, 0) is 24.3 Å². The molecule has 0 saturated carbocycles. The van der Waals surface area contributed by atoms with Gasteiger partial charge in [-0.3, -0.25) is 9.78 Å². The molecule has 1 saturated heterocycles. The summed E-state index contributed by atoms with van der Waals surface area (Å²) in [6, 6.07) is 14.2. The predicted molar refractivity (Wildman–Crippen MR) is 108 cm³/mol. The number of fused-ring (bicyclic) bond motifs is 2. The van der Waals surface area contributed by atoms with Crippen molar-refractivity contribution in [2.75, 3.05) is 13.1 Å². The molecule has 1 aromatic carbocycles. The summed E-state index contributed by atoms with van der Waals surface area (Å²) in [5.74, 6) is -3.35. The lowest BCUT2D eigenvalue weighted by atomic mass is 10.0. The number of hydrogen-bond acceptors (Lipinski definition) is 4. The maximum absolute atomic E-state index is 14.6. The number of para-hydroxylation sites is 1. The van der Waals surface area contributed by atoms with Crippen LogP contribution in [0.1, 0.15) is 16.9 Å². The van der Waals surface area contributed by atoms with Crippen molar-refractivity contribution in [3.05, 3.63) is 66.6 Å². The molecule has 1 aliphatic rings. The van der Waals surface area contributed by atoms with Crippen molar-refractivity contribution in [2.24, 2.45) is 0 Å². The molecule has 4 heterocycles. The van der Waals surface area contributed by atoms with Crippen molar-refractivity contribution in [1.29, 1.82) is 0 Å². The Balaban J connectivity index is 1.40. The minimum atomic E-state index is -3.07. The van der Waals surface area contributed by atoms with Crippen LogP contribution in [0.5, 0.6) is 5.88 Å². The van der Waals surface area contributed by atoms with E-state index in [0.29, 0.717) is 10.9 Å². The molecule has 3 aromatic heterocycles. The van der Waals surface area contributed by atoms with Gasteiger partial charge in [0.05, 0.1) is 12.1 Å². The predicted octanol–water partition coefficient (Wildman–Crippen LogP) is 4.04. The van der Waals surface area contributed by atoms with E-state index in [0.717, 1.165) is 10.9 Å². The number of likely N-dealkylation sites (tertiary alicyclic amines) is 1. The van der Waals surface area contributed by atoms with Crippen molar-refractivity contribution in [3.63, 3.8) is 0 Å². The second-order valence-corrected chi connectivity index (χ2v) is 7.31. The van der Waals surface area contributed by atoms with Crippen LogP contribution in [0.15, 0.2) is 60.9 Å². The summed E-state index contributed by atoms with van der Waals surface area (Å²) in [6.07, 6.45) is 1.26. The van der Waals surface area contributed by atoms with Gasteiger partial charge in [-0.1, -0.05) is 18.2 Å². The van der Waals surface area contributed by atoms with E-state index in [9.17, 15) is 13.6 Å². The molecule has 6 nitrogen and oxygen atoms in total. The van der Waals surface area contributed by atoms with Gasteiger partial charge in [-0.25, -0.2) is 13.8 Å². The number of ether oxygens (including phenoxy) is 1. The van der Waals surface area contributed by atoms with Crippen molar-refractivity contribution in [1.82, 2.24) is 19.9 Å². The second kappa shape index (κ2) is 7.05. The summed E-state index contributed by atoms with van der Waals surface area (Å²) in [5, 5.41) is 1.55. The standard InChI is InChI=1S/C22H18F2N4O2/c23-22(24)9-12-28(21(29)20-15-7-10-25-17(15)8-11-26-20)13-18(22)30-19-6-5-14-3-1-2-4-16(14)27-19/h1-8,10-11,18,25H,9,12-13H2. The number of hydrogen-bond donors (Lipinski definition) is 1. The first kappa shape index (κ1) is 18.5. The van der Waals surface area contributed by atoms with Crippen LogP contribution in [0.2, 0.25) is 0 Å². The van der Waals surface area contributed by atoms with Gasteiger partial charge in [0.15, 0.2) is 6.10 Å². The third-order valence-electron chi connectivity index (χ3n) is 5.38. The molecule has 1 unspecified atom stereocenters. The van der Waals surface area contributed by atoms with Crippen LogP contribution in [-0.4, -0.2) is 50.9 Å². The third kappa shape index (κ3) is 3.24. The summed E-state index contributed by atoms with van der Waals surface area (Å²) >= 11 is 0. The number of nitrogens with one attached hydrogen (secondary N) is 1. The number of pyridine rings is 2. The number of H-pyrrole nitrogens is 1. The number of benzene rings is 1. The van der Waals surface area contributed by atoms with Crippen LogP contribution in [0.3, 0.4) is 0 Å². The molecule has 30 heavy (non-hydrogen) atoms. The lowest BCUT2D eigenvalue weighted by Crippen LogP contribution is -2.55. The maximum atomic E-state index is 14.6. The molecule has 1 N–H and O–H groups in total.